The third-order valence-electron chi connectivity index (χ3n) is 0.761. The Morgan fingerprint density at radius 2 is 2.67 bits per heavy atom. The molecule has 0 aromatic carbocycles. The summed E-state index contributed by atoms with van der Waals surface area (Å²) in [5, 5.41) is 11.0. The summed E-state index contributed by atoms with van der Waals surface area (Å²) in [6, 6.07) is 0. The number of ether oxygens (including phenoxy) is 1. The van der Waals surface area contributed by atoms with E-state index >= 15 is 0 Å². The van der Waals surface area contributed by atoms with Crippen LogP contribution in [-0.2, 0) is 4.74 Å². The van der Waals surface area contributed by atoms with Crippen molar-refractivity contribution in [2.75, 3.05) is 13.3 Å². The fourth-order valence-corrected chi connectivity index (χ4v) is 0.318. The highest BCUT2D eigenvalue weighted by Crippen LogP contribution is 1.92. The van der Waals surface area contributed by atoms with E-state index in [2.05, 4.69) is 5.32 Å². The van der Waals surface area contributed by atoms with Gasteiger partial charge in [0.15, 0.2) is 0 Å². The van der Waals surface area contributed by atoms with Gasteiger partial charge in [-0.25, -0.2) is 0 Å². The molecule has 0 saturated carbocycles. The zero-order valence-corrected chi connectivity index (χ0v) is 3.35. The van der Waals surface area contributed by atoms with E-state index in [1.165, 1.54) is 0 Å². The van der Waals surface area contributed by atoms with Gasteiger partial charge in [-0.2, -0.15) is 0 Å². The molecule has 0 aromatic heterocycles. The van der Waals surface area contributed by atoms with Crippen molar-refractivity contribution in [2.24, 2.45) is 0 Å². The quantitative estimate of drug-likeness (QED) is 0.427. The molecule has 0 aromatic rings. The van der Waals surface area contributed by atoms with Gasteiger partial charge in [0.1, 0.15) is 13.0 Å². The second-order valence-corrected chi connectivity index (χ2v) is 1.19. The Balaban J connectivity index is 2.01. The second kappa shape index (κ2) is 1.55. The third-order valence-corrected chi connectivity index (χ3v) is 0.761. The standard InChI is InChI=1S/C3H7NO2/c5-1-3-4-2-6-3/h3-5H,1-2H2. The Morgan fingerprint density at radius 1 is 2.00 bits per heavy atom. The molecule has 1 saturated heterocycles. The summed E-state index contributed by atoms with van der Waals surface area (Å²) >= 11 is 0. The topological polar surface area (TPSA) is 41.5 Å². The van der Waals surface area contributed by atoms with Crippen LogP contribution in [0.1, 0.15) is 0 Å². The van der Waals surface area contributed by atoms with Gasteiger partial charge in [0.05, 0.1) is 6.61 Å². The van der Waals surface area contributed by atoms with E-state index in [-0.39, 0.29) is 12.8 Å². The summed E-state index contributed by atoms with van der Waals surface area (Å²) < 4.78 is 4.72. The van der Waals surface area contributed by atoms with E-state index in [4.69, 9.17) is 9.84 Å². The van der Waals surface area contributed by atoms with E-state index in [9.17, 15) is 0 Å². The first-order valence-corrected chi connectivity index (χ1v) is 1.89. The molecule has 2 N–H and O–H groups in total. The van der Waals surface area contributed by atoms with Gasteiger partial charge in [0.2, 0.25) is 0 Å². The molecule has 1 unspecified atom stereocenters. The van der Waals surface area contributed by atoms with Crippen LogP contribution in [0.25, 0.3) is 0 Å². The second-order valence-electron chi connectivity index (χ2n) is 1.19. The Bertz CT molecular complexity index is 41.3. The number of aliphatic hydroxyl groups excluding tert-OH is 1. The lowest BCUT2D eigenvalue weighted by molar-refractivity contribution is -0.112. The van der Waals surface area contributed by atoms with Crippen LogP contribution in [0.4, 0.5) is 0 Å². The first-order chi connectivity index (χ1) is 2.93. The Labute approximate surface area is 35.9 Å². The number of hydrogen-bond donors (Lipinski definition) is 2. The van der Waals surface area contributed by atoms with Crippen molar-refractivity contribution < 1.29 is 9.84 Å². The molecule has 1 aliphatic heterocycles. The molecule has 1 atom stereocenters. The molecule has 0 spiro atoms. The van der Waals surface area contributed by atoms with Crippen molar-refractivity contribution in [3.05, 3.63) is 0 Å². The van der Waals surface area contributed by atoms with E-state index in [0.29, 0.717) is 6.73 Å². The van der Waals surface area contributed by atoms with Gasteiger partial charge in [-0.1, -0.05) is 0 Å². The fourth-order valence-electron chi connectivity index (χ4n) is 0.318. The minimum atomic E-state index is -0.0787. The first-order valence-electron chi connectivity index (χ1n) is 1.89. The fraction of sp³-hybridized carbons (Fsp3) is 1.00. The molecular weight excluding hydrogens is 82.0 g/mol. The molecule has 0 radical (unpaired) electrons. The first kappa shape index (κ1) is 4.05. The van der Waals surface area contributed by atoms with Gasteiger partial charge < -0.3 is 9.84 Å². The van der Waals surface area contributed by atoms with Gasteiger partial charge in [0, 0.05) is 0 Å². The molecule has 0 amide bonds. The Hall–Kier alpha value is -0.120. The SMILES string of the molecule is OCC1NCO1. The summed E-state index contributed by atoms with van der Waals surface area (Å²) in [5.74, 6) is 0. The predicted octanol–water partition coefficient (Wildman–Crippen LogP) is -1.12. The molecule has 0 bridgehead atoms. The summed E-state index contributed by atoms with van der Waals surface area (Å²) in [4.78, 5) is 0. The zero-order chi connectivity index (χ0) is 4.41. The number of hydrogen-bond acceptors (Lipinski definition) is 3. The van der Waals surface area contributed by atoms with E-state index in [0.717, 1.165) is 0 Å². The maximum atomic E-state index is 8.20. The van der Waals surface area contributed by atoms with Gasteiger partial charge in [-0.15, -0.1) is 0 Å². The van der Waals surface area contributed by atoms with Crippen molar-refractivity contribution in [3.63, 3.8) is 0 Å². The van der Waals surface area contributed by atoms with E-state index in [1.54, 1.807) is 0 Å². The average molecular weight is 89.1 g/mol. The smallest absolute Gasteiger partial charge is 0.134 e. The van der Waals surface area contributed by atoms with E-state index < -0.39 is 0 Å². The largest absolute Gasteiger partial charge is 0.392 e. The lowest BCUT2D eigenvalue weighted by atomic mass is 10.5. The lowest BCUT2D eigenvalue weighted by Crippen LogP contribution is -2.48. The normalized spacial score (nSPS) is 32.5. The minimum Gasteiger partial charge on any atom is -0.392 e. The summed E-state index contributed by atoms with van der Waals surface area (Å²) in [7, 11) is 0. The maximum Gasteiger partial charge on any atom is 0.134 e. The van der Waals surface area contributed by atoms with Gasteiger partial charge in [0.25, 0.3) is 0 Å². The van der Waals surface area contributed by atoms with Crippen LogP contribution in [-0.4, -0.2) is 24.7 Å². The van der Waals surface area contributed by atoms with Crippen LogP contribution in [0.15, 0.2) is 0 Å². The molecule has 1 heterocycles. The zero-order valence-electron chi connectivity index (χ0n) is 3.35. The predicted molar refractivity (Wildman–Crippen MR) is 20.0 cm³/mol. The monoisotopic (exact) mass is 89.0 g/mol. The molecular formula is C3H7NO2. The molecule has 3 nitrogen and oxygen atoms in total. The molecule has 6 heavy (non-hydrogen) atoms. The summed E-state index contributed by atoms with van der Waals surface area (Å²) in [6.07, 6.45) is -0.0787. The number of aliphatic hydroxyl groups is 1. The van der Waals surface area contributed by atoms with Crippen molar-refractivity contribution >= 4 is 0 Å². The van der Waals surface area contributed by atoms with Crippen LogP contribution in [0.2, 0.25) is 0 Å². The van der Waals surface area contributed by atoms with Crippen molar-refractivity contribution in [1.29, 1.82) is 0 Å². The van der Waals surface area contributed by atoms with Crippen molar-refractivity contribution in [2.45, 2.75) is 6.23 Å². The lowest BCUT2D eigenvalue weighted by Gasteiger charge is -2.25. The van der Waals surface area contributed by atoms with Crippen LogP contribution in [0, 0.1) is 0 Å². The van der Waals surface area contributed by atoms with Crippen LogP contribution < -0.4 is 5.32 Å². The Morgan fingerprint density at radius 3 is 2.67 bits per heavy atom. The molecule has 1 fully saturated rings. The third kappa shape index (κ3) is 0.518. The summed E-state index contributed by atoms with van der Waals surface area (Å²) in [5.41, 5.74) is 0. The maximum absolute atomic E-state index is 8.20. The summed E-state index contributed by atoms with van der Waals surface area (Å²) in [6.45, 7) is 0.672. The number of nitrogens with one attached hydrogen (secondary N) is 1. The Kier molecular flexibility index (Phi) is 1.05. The van der Waals surface area contributed by atoms with Crippen molar-refractivity contribution in [3.8, 4) is 0 Å². The average Bonchev–Trinajstić information content (AvgIpc) is 1.31. The molecule has 36 valence electrons. The van der Waals surface area contributed by atoms with Gasteiger partial charge in [-0.05, 0) is 0 Å². The minimum absolute atomic E-state index is 0.0787. The highest BCUT2D eigenvalue weighted by molar-refractivity contribution is 4.55. The van der Waals surface area contributed by atoms with Gasteiger partial charge in [-0.3, -0.25) is 5.32 Å². The molecule has 1 rings (SSSR count). The molecule has 1 aliphatic rings. The highest BCUT2D eigenvalue weighted by Gasteiger charge is 2.13. The molecule has 3 heteroatoms. The van der Waals surface area contributed by atoms with Crippen LogP contribution in [0.3, 0.4) is 0 Å². The van der Waals surface area contributed by atoms with Crippen LogP contribution in [0.5, 0.6) is 0 Å². The highest BCUT2D eigenvalue weighted by atomic mass is 16.6. The van der Waals surface area contributed by atoms with Crippen molar-refractivity contribution in [1.82, 2.24) is 5.32 Å². The van der Waals surface area contributed by atoms with E-state index in [1.807, 2.05) is 0 Å². The van der Waals surface area contributed by atoms with Crippen LogP contribution >= 0.6 is 0 Å². The number of rotatable bonds is 1. The van der Waals surface area contributed by atoms with Gasteiger partial charge >= 0.3 is 0 Å². The molecule has 0 aliphatic carbocycles.